The van der Waals surface area contributed by atoms with Crippen LogP contribution in [0.4, 0.5) is 16.2 Å². The van der Waals surface area contributed by atoms with E-state index in [0.717, 1.165) is 18.6 Å². The second-order valence-electron chi connectivity index (χ2n) is 8.79. The Morgan fingerprint density at radius 3 is 0.902 bits per heavy atom. The van der Waals surface area contributed by atoms with Crippen molar-refractivity contribution in [2.24, 2.45) is 0 Å². The molecule has 0 aliphatic heterocycles. The summed E-state index contributed by atoms with van der Waals surface area (Å²) in [4.78, 5) is 12.4. The van der Waals surface area contributed by atoms with Gasteiger partial charge in [0.2, 0.25) is 0 Å². The summed E-state index contributed by atoms with van der Waals surface area (Å²) < 4.78 is 13.1. The van der Waals surface area contributed by atoms with Gasteiger partial charge in [0.15, 0.2) is 8.59 Å². The van der Waals surface area contributed by atoms with Crippen LogP contribution < -0.4 is 30.7 Å². The van der Waals surface area contributed by atoms with E-state index < -0.39 is 34.7 Å². The summed E-state index contributed by atoms with van der Waals surface area (Å²) in [5.41, 5.74) is 2.26. The molecule has 0 fully saturated rings. The van der Waals surface area contributed by atoms with Crippen LogP contribution in [-0.2, 0) is 0 Å². The van der Waals surface area contributed by atoms with Gasteiger partial charge >= 0.3 is 152 Å². The van der Waals surface area contributed by atoms with Gasteiger partial charge in [-0.2, -0.15) is 41.5 Å². The minimum absolute atomic E-state index is 0. The normalized spacial score (nSPS) is 9.32. The monoisotopic (exact) mass is 916 g/mol. The molecule has 2 rings (SSSR count). The van der Waals surface area contributed by atoms with E-state index in [2.05, 4.69) is 41.5 Å². The van der Waals surface area contributed by atoms with Gasteiger partial charge in [-0.15, -0.1) is 0 Å². The van der Waals surface area contributed by atoms with Gasteiger partial charge in [-0.25, -0.2) is 0 Å². The Morgan fingerprint density at radius 2 is 0.780 bits per heavy atom. The number of benzene rings is 2. The summed E-state index contributed by atoms with van der Waals surface area (Å²) in [6, 6.07) is 16.0. The maximum atomic E-state index is 12.6. The van der Waals surface area contributed by atoms with Crippen LogP contribution in [0.2, 0.25) is 0 Å². The number of hydrogen-bond acceptors (Lipinski definition) is 6. The summed E-state index contributed by atoms with van der Waals surface area (Å²) in [6.45, 7) is 12.5. The number of hydrogen-bond donors (Lipinski definition) is 0. The van der Waals surface area contributed by atoms with Crippen molar-refractivity contribution in [3.8, 4) is 0 Å². The van der Waals surface area contributed by atoms with E-state index in [1.165, 1.54) is 11.8 Å². The maximum absolute atomic E-state index is 12.6. The molecule has 41 heavy (non-hydrogen) atoms. The summed E-state index contributed by atoms with van der Waals surface area (Å²) in [5.74, 6) is 2.83. The molecule has 0 aliphatic carbocycles. The molecule has 6 nitrogen and oxygen atoms in total. The fourth-order valence-electron chi connectivity index (χ4n) is 1.87. The van der Waals surface area contributed by atoms with Gasteiger partial charge in [0, 0.05) is 0 Å². The zero-order chi connectivity index (χ0) is 32.6. The smallest absolute Gasteiger partial charge is 0.652 e. The van der Waals surface area contributed by atoms with Crippen LogP contribution in [0.1, 0.15) is 41.5 Å². The van der Waals surface area contributed by atoms with Crippen LogP contribution in [0.25, 0.3) is 0 Å². The number of halogens is 6. The van der Waals surface area contributed by atoms with Crippen LogP contribution in [0.3, 0.4) is 0 Å². The number of carboxylic acid groups (broad SMARTS) is 2. The molecule has 0 saturated heterocycles. The van der Waals surface area contributed by atoms with Gasteiger partial charge in [0.1, 0.15) is 0 Å². The largest absolute Gasteiger partial charge is 4.00 e. The first kappa shape index (κ1) is 51.2. The Labute approximate surface area is 302 Å². The molecule has 0 aliphatic rings. The number of nitrogens with zero attached hydrogens (tertiary/aromatic N) is 2. The fraction of sp³-hybridized carbons (Fsp3) is 0.444. The van der Waals surface area contributed by atoms with Gasteiger partial charge in [-0.3, -0.25) is 0 Å². The molecule has 0 N–H and O–H groups in total. The van der Waals surface area contributed by atoms with Crippen molar-refractivity contribution in [3.05, 3.63) is 60.4 Å². The Balaban J connectivity index is -0.000000169. The van der Waals surface area contributed by atoms with Crippen molar-refractivity contribution in [1.29, 1.82) is 0 Å². The Bertz CT molecular complexity index is 758. The van der Waals surface area contributed by atoms with E-state index in [1.807, 2.05) is 86.5 Å². The van der Waals surface area contributed by atoms with E-state index >= 15 is 0 Å². The predicted octanol–water partition coefficient (Wildman–Crippen LogP) is 4.67. The molecule has 0 bridgehead atoms. The third-order valence-corrected chi connectivity index (χ3v) is 7.13. The first-order valence-electron chi connectivity index (χ1n) is 11.4. The maximum Gasteiger partial charge on any atom is 4.00 e. The third-order valence-electron chi connectivity index (χ3n) is 3.13. The Kier molecular flexibility index (Phi) is 40.0. The summed E-state index contributed by atoms with van der Waals surface area (Å²) in [6.07, 6.45) is -2.33. The number of alkyl halides is 6. The molecule has 0 heterocycles. The molecule has 2 aromatic rings. The third kappa shape index (κ3) is 45.2. The first-order chi connectivity index (χ1) is 18.1. The van der Waals surface area contributed by atoms with E-state index in [0.29, 0.717) is 0 Å². The van der Waals surface area contributed by atoms with Gasteiger partial charge in [-0.05, 0) is 6.16 Å². The van der Waals surface area contributed by atoms with Crippen molar-refractivity contribution in [3.63, 3.8) is 0 Å². The van der Waals surface area contributed by atoms with E-state index in [1.54, 1.807) is 0 Å². The van der Waals surface area contributed by atoms with Crippen molar-refractivity contribution in [2.75, 3.05) is 38.0 Å². The quantitative estimate of drug-likeness (QED) is 0.252. The number of carbonyl (C=O) groups excluding carboxylic acids is 1. The van der Waals surface area contributed by atoms with E-state index in [4.69, 9.17) is 84.6 Å². The molecule has 0 unspecified atom stereocenters. The Morgan fingerprint density at radius 1 is 0.634 bits per heavy atom. The second kappa shape index (κ2) is 32.0. The molecule has 14 heteroatoms. The molecular weight excluding hydrogens is 875 g/mol. The van der Waals surface area contributed by atoms with Crippen LogP contribution in [0, 0.1) is 11.8 Å². The summed E-state index contributed by atoms with van der Waals surface area (Å²) in [7, 11) is 8.01. The van der Waals surface area contributed by atoms with Crippen LogP contribution in [0.5, 0.6) is 0 Å². The van der Waals surface area contributed by atoms with Crippen LogP contribution in [-0.4, -0.2) is 86.8 Å². The van der Waals surface area contributed by atoms with Crippen molar-refractivity contribution < 1.29 is 18.5 Å². The van der Waals surface area contributed by atoms with Gasteiger partial charge in [0.05, 0.1) is 0 Å². The molecule has 234 valence electrons. The molecular formula is C27H40Cl6N2O4SnTe. The SMILES string of the molecule is CN(C)c1ccc([Te+]([O-])c2ccc(N(C)C)cc2)cc1.C[C-](C)C.C[C-](C)C.ClC(Cl)Cl.ClC(Cl)Cl.O=C([O-])[O-].[Sn+4]. The second-order valence-corrected chi connectivity index (χ2v) is 17.0. The average molecular weight is 916 g/mol. The molecule has 0 atom stereocenters. The van der Waals surface area contributed by atoms with Gasteiger partial charge < -0.3 is 26.8 Å². The topological polar surface area (TPSA) is 92.7 Å². The molecule has 0 aromatic heterocycles. The molecule has 2 aromatic carbocycles. The van der Waals surface area contributed by atoms with Gasteiger partial charge in [0.25, 0.3) is 0 Å². The summed E-state index contributed by atoms with van der Waals surface area (Å²) >= 11 is 26.2. The standard InChI is InChI=1S/C16H20N2OTe.2C4H9.2CHCl3.CH2O3.Sn/c1-17(2)13-5-9-15(10-6-13)20(19)16-11-7-14(8-12-16)18(3)4;2*1-4(2)3;3*2-1(3)4;/h5-12H,1-4H3;2*1-3H3;2*1H;(H2,2,3,4);/q;2*-1;;;;+4/p-2. The predicted molar refractivity (Wildman–Crippen MR) is 181 cm³/mol. The zero-order valence-electron chi connectivity index (χ0n) is 25.0. The molecule has 0 saturated carbocycles. The number of anilines is 2. The van der Waals surface area contributed by atoms with E-state index in [-0.39, 0.29) is 23.9 Å². The summed E-state index contributed by atoms with van der Waals surface area (Å²) in [5, 5.41) is 16.7. The van der Waals surface area contributed by atoms with Crippen LogP contribution >= 0.6 is 69.6 Å². The fourth-order valence-corrected chi connectivity index (χ4v) is 4.84. The minimum atomic E-state index is -2.64. The van der Waals surface area contributed by atoms with Crippen LogP contribution in [0.15, 0.2) is 48.5 Å². The molecule has 0 radical (unpaired) electrons. The zero-order valence-corrected chi connectivity index (χ0v) is 34.7. The molecule has 0 spiro atoms. The van der Waals surface area contributed by atoms with Crippen molar-refractivity contribution >= 4 is 138 Å². The first-order valence-corrected chi connectivity index (χ1v) is 17.3. The van der Waals surface area contributed by atoms with Crippen molar-refractivity contribution in [1.82, 2.24) is 0 Å². The Hall–Kier alpha value is 0.598. The van der Waals surface area contributed by atoms with Gasteiger partial charge in [-0.1, -0.05) is 69.6 Å². The average Bonchev–Trinajstić information content (AvgIpc) is 2.77. The van der Waals surface area contributed by atoms with E-state index in [9.17, 15) is 3.47 Å². The number of rotatable bonds is 4. The number of carbonyl (C=O) groups is 1. The van der Waals surface area contributed by atoms with Crippen molar-refractivity contribution in [2.45, 2.75) is 50.1 Å². The minimum Gasteiger partial charge on any atom is -0.652 e. The molecule has 0 amide bonds.